The second-order valence-electron chi connectivity index (χ2n) is 4.81. The van der Waals surface area contributed by atoms with Gasteiger partial charge in [0, 0.05) is 11.6 Å². The number of rotatable bonds is 5. The Hall–Kier alpha value is -2.28. The van der Waals surface area contributed by atoms with E-state index in [9.17, 15) is 4.79 Å². The zero-order chi connectivity index (χ0) is 15.2. The van der Waals surface area contributed by atoms with Gasteiger partial charge in [0.1, 0.15) is 11.3 Å². The van der Waals surface area contributed by atoms with Gasteiger partial charge in [0.15, 0.2) is 0 Å². The van der Waals surface area contributed by atoms with Crippen LogP contribution in [0.4, 0.5) is 0 Å². The van der Waals surface area contributed by atoms with Crippen LogP contribution in [0.3, 0.4) is 0 Å². The predicted octanol–water partition coefficient (Wildman–Crippen LogP) is 2.91. The van der Waals surface area contributed by atoms with Crippen molar-refractivity contribution in [3.05, 3.63) is 35.9 Å². The largest absolute Gasteiger partial charge is 0.496 e. The summed E-state index contributed by atoms with van der Waals surface area (Å²) in [5.41, 5.74) is 0.811. The number of allylic oxidation sites excluding steroid dienone is 1. The highest BCUT2D eigenvalue weighted by atomic mass is 16.5. The van der Waals surface area contributed by atoms with Crippen LogP contribution >= 0.6 is 0 Å². The molecule has 0 radical (unpaired) electrons. The van der Waals surface area contributed by atoms with E-state index >= 15 is 0 Å². The normalized spacial score (nSPS) is 14.1. The Bertz CT molecular complexity index is 558. The van der Waals surface area contributed by atoms with Gasteiger partial charge in [-0.1, -0.05) is 25.1 Å². The lowest BCUT2D eigenvalue weighted by atomic mass is 10.0. The molecular formula is C16H20N2O2. The minimum absolute atomic E-state index is 0.278. The van der Waals surface area contributed by atoms with Crippen LogP contribution in [0, 0.1) is 11.3 Å². The summed E-state index contributed by atoms with van der Waals surface area (Å²) >= 11 is 0. The topological polar surface area (TPSA) is 62.1 Å². The number of carbonyl (C=O) groups is 1. The van der Waals surface area contributed by atoms with Gasteiger partial charge in [-0.15, -0.1) is 0 Å². The number of nitrogens with zero attached hydrogens (tertiary/aromatic N) is 1. The molecule has 1 aromatic rings. The van der Waals surface area contributed by atoms with Crippen molar-refractivity contribution >= 4 is 11.5 Å². The Morgan fingerprint density at radius 2 is 2.15 bits per heavy atom. The molecular weight excluding hydrogens is 252 g/mol. The Morgan fingerprint density at radius 3 is 2.70 bits per heavy atom. The quantitative estimate of drug-likeness (QED) is 0.838. The van der Waals surface area contributed by atoms with Crippen LogP contribution in [0.15, 0.2) is 30.3 Å². The standard InChI is InChI=1S/C16H20N2O2/c1-5-16(3,11-17)18-15(19)10-12(2)13-8-6-7-9-14(13)20-4/h6-10H,5H2,1-4H3,(H,18,19)/b12-10+/t16-/m1/s1. The van der Waals surface area contributed by atoms with Crippen molar-refractivity contribution in [3.8, 4) is 11.8 Å². The molecule has 0 fully saturated rings. The van der Waals surface area contributed by atoms with E-state index in [1.165, 1.54) is 6.08 Å². The molecule has 0 aliphatic carbocycles. The number of methoxy groups -OCH3 is 1. The maximum absolute atomic E-state index is 12.0. The molecule has 0 heterocycles. The van der Waals surface area contributed by atoms with Gasteiger partial charge in [-0.3, -0.25) is 4.79 Å². The van der Waals surface area contributed by atoms with E-state index in [2.05, 4.69) is 11.4 Å². The molecule has 1 N–H and O–H groups in total. The molecule has 106 valence electrons. The fourth-order valence-corrected chi connectivity index (χ4v) is 1.75. The minimum Gasteiger partial charge on any atom is -0.496 e. The molecule has 4 heteroatoms. The lowest BCUT2D eigenvalue weighted by molar-refractivity contribution is -0.117. The molecule has 1 aromatic carbocycles. The molecule has 0 aromatic heterocycles. The first kappa shape index (κ1) is 15.8. The third-order valence-corrected chi connectivity index (χ3v) is 3.23. The van der Waals surface area contributed by atoms with Gasteiger partial charge in [-0.25, -0.2) is 0 Å². The number of amides is 1. The van der Waals surface area contributed by atoms with E-state index in [-0.39, 0.29) is 5.91 Å². The summed E-state index contributed by atoms with van der Waals surface area (Å²) in [5, 5.41) is 11.8. The van der Waals surface area contributed by atoms with Crippen molar-refractivity contribution in [1.29, 1.82) is 5.26 Å². The first-order valence-electron chi connectivity index (χ1n) is 6.51. The third kappa shape index (κ3) is 3.86. The summed E-state index contributed by atoms with van der Waals surface area (Å²) in [7, 11) is 1.59. The van der Waals surface area contributed by atoms with Gasteiger partial charge in [0.05, 0.1) is 13.2 Å². The van der Waals surface area contributed by atoms with Crippen molar-refractivity contribution in [2.75, 3.05) is 7.11 Å². The zero-order valence-corrected chi connectivity index (χ0v) is 12.4. The summed E-state index contributed by atoms with van der Waals surface area (Å²) < 4.78 is 5.27. The van der Waals surface area contributed by atoms with Gasteiger partial charge in [-0.05, 0) is 31.9 Å². The first-order chi connectivity index (χ1) is 9.45. The number of nitrogens with one attached hydrogen (secondary N) is 1. The summed E-state index contributed by atoms with van der Waals surface area (Å²) in [6.07, 6.45) is 2.04. The van der Waals surface area contributed by atoms with E-state index in [0.29, 0.717) is 12.2 Å². The van der Waals surface area contributed by atoms with Crippen molar-refractivity contribution in [1.82, 2.24) is 5.32 Å². The van der Waals surface area contributed by atoms with Gasteiger partial charge in [0.2, 0.25) is 5.91 Å². The van der Waals surface area contributed by atoms with Crippen LogP contribution in [0.2, 0.25) is 0 Å². The maximum atomic E-state index is 12.0. The van der Waals surface area contributed by atoms with Crippen LogP contribution in [-0.4, -0.2) is 18.6 Å². The number of hydrogen-bond donors (Lipinski definition) is 1. The second kappa shape index (κ2) is 6.76. The number of hydrogen-bond acceptors (Lipinski definition) is 3. The molecule has 1 atom stereocenters. The predicted molar refractivity (Wildman–Crippen MR) is 79.1 cm³/mol. The Labute approximate surface area is 120 Å². The highest BCUT2D eigenvalue weighted by Gasteiger charge is 2.22. The fourth-order valence-electron chi connectivity index (χ4n) is 1.75. The lowest BCUT2D eigenvalue weighted by Crippen LogP contribution is -2.43. The molecule has 1 amide bonds. The fraction of sp³-hybridized carbons (Fsp3) is 0.375. The number of benzene rings is 1. The zero-order valence-electron chi connectivity index (χ0n) is 12.4. The molecule has 0 bridgehead atoms. The molecule has 4 nitrogen and oxygen atoms in total. The average molecular weight is 272 g/mol. The number of nitriles is 1. The third-order valence-electron chi connectivity index (χ3n) is 3.23. The van der Waals surface area contributed by atoms with E-state index < -0.39 is 5.54 Å². The van der Waals surface area contributed by atoms with Crippen LogP contribution in [0.1, 0.15) is 32.8 Å². The van der Waals surface area contributed by atoms with Gasteiger partial charge in [0.25, 0.3) is 0 Å². The van der Waals surface area contributed by atoms with Gasteiger partial charge in [-0.2, -0.15) is 5.26 Å². The SMILES string of the molecule is CC[C@](C)(C#N)NC(=O)/C=C(\C)c1ccccc1OC. The Balaban J connectivity index is 2.94. The van der Waals surface area contributed by atoms with Gasteiger partial charge < -0.3 is 10.1 Å². The van der Waals surface area contributed by atoms with E-state index in [4.69, 9.17) is 10.00 Å². The smallest absolute Gasteiger partial charge is 0.245 e. The van der Waals surface area contributed by atoms with E-state index in [1.807, 2.05) is 38.1 Å². The van der Waals surface area contributed by atoms with Crippen molar-refractivity contribution in [2.24, 2.45) is 0 Å². The molecule has 1 rings (SSSR count). The molecule has 0 spiro atoms. The van der Waals surface area contributed by atoms with Crippen molar-refractivity contribution < 1.29 is 9.53 Å². The molecule has 0 aliphatic rings. The summed E-state index contributed by atoms with van der Waals surface area (Å²) in [6, 6.07) is 9.60. The van der Waals surface area contributed by atoms with Crippen LogP contribution in [0.25, 0.3) is 5.57 Å². The van der Waals surface area contributed by atoms with E-state index in [0.717, 1.165) is 11.1 Å². The van der Waals surface area contributed by atoms with Crippen LogP contribution in [-0.2, 0) is 4.79 Å². The molecule has 0 unspecified atom stereocenters. The van der Waals surface area contributed by atoms with Crippen LogP contribution < -0.4 is 10.1 Å². The summed E-state index contributed by atoms with van der Waals surface area (Å²) in [4.78, 5) is 12.0. The number of para-hydroxylation sites is 1. The lowest BCUT2D eigenvalue weighted by Gasteiger charge is -2.20. The number of ether oxygens (including phenoxy) is 1. The minimum atomic E-state index is -0.839. The van der Waals surface area contributed by atoms with Crippen molar-refractivity contribution in [2.45, 2.75) is 32.7 Å². The Kier molecular flexibility index (Phi) is 5.33. The molecule has 0 saturated heterocycles. The molecule has 0 saturated carbocycles. The first-order valence-corrected chi connectivity index (χ1v) is 6.51. The van der Waals surface area contributed by atoms with E-state index in [1.54, 1.807) is 14.0 Å². The van der Waals surface area contributed by atoms with Crippen LogP contribution in [0.5, 0.6) is 5.75 Å². The monoisotopic (exact) mass is 272 g/mol. The highest BCUT2D eigenvalue weighted by molar-refractivity contribution is 5.96. The van der Waals surface area contributed by atoms with Crippen molar-refractivity contribution in [3.63, 3.8) is 0 Å². The number of carbonyl (C=O) groups excluding carboxylic acids is 1. The highest BCUT2D eigenvalue weighted by Crippen LogP contribution is 2.25. The Morgan fingerprint density at radius 1 is 1.50 bits per heavy atom. The molecule has 20 heavy (non-hydrogen) atoms. The maximum Gasteiger partial charge on any atom is 0.245 e. The second-order valence-corrected chi connectivity index (χ2v) is 4.81. The van der Waals surface area contributed by atoms with Gasteiger partial charge >= 0.3 is 0 Å². The molecule has 0 aliphatic heterocycles. The summed E-state index contributed by atoms with van der Waals surface area (Å²) in [6.45, 7) is 5.41. The summed E-state index contributed by atoms with van der Waals surface area (Å²) in [5.74, 6) is 0.437. The average Bonchev–Trinajstić information content (AvgIpc) is 2.46.